The summed E-state index contributed by atoms with van der Waals surface area (Å²) in [6, 6.07) is 1.69. The van der Waals surface area contributed by atoms with Gasteiger partial charge in [0.05, 0.1) is 10.6 Å². The molecule has 2 atom stereocenters. The van der Waals surface area contributed by atoms with Crippen molar-refractivity contribution >= 4 is 18.0 Å². The number of rotatable bonds is 8. The van der Waals surface area contributed by atoms with E-state index in [0.29, 0.717) is 36.6 Å². The molecule has 1 unspecified atom stereocenters. The zero-order valence-electron chi connectivity index (χ0n) is 13.6. The minimum atomic E-state index is -0.227. The zero-order chi connectivity index (χ0) is 16.8. The van der Waals surface area contributed by atoms with Crippen molar-refractivity contribution in [2.45, 2.75) is 45.6 Å². The van der Waals surface area contributed by atoms with Gasteiger partial charge in [0.1, 0.15) is 0 Å². The van der Waals surface area contributed by atoms with Crippen LogP contribution >= 0.6 is 11.6 Å². The molecule has 22 heavy (non-hydrogen) atoms. The van der Waals surface area contributed by atoms with E-state index in [1.165, 1.54) is 6.20 Å². The molecule has 0 bridgehead atoms. The molecule has 0 saturated heterocycles. The molecule has 1 rings (SSSR count). The first-order valence-electron chi connectivity index (χ1n) is 7.43. The average Bonchev–Trinajstić information content (AvgIpc) is 2.43. The van der Waals surface area contributed by atoms with Crippen LogP contribution in [0, 0.1) is 5.92 Å². The van der Waals surface area contributed by atoms with Crippen LogP contribution in [0.2, 0.25) is 5.02 Å². The quantitative estimate of drug-likeness (QED) is 0.721. The van der Waals surface area contributed by atoms with Gasteiger partial charge < -0.3 is 15.0 Å². The molecule has 1 heterocycles. The van der Waals surface area contributed by atoms with E-state index in [4.69, 9.17) is 16.3 Å². The maximum Gasteiger partial charge on any atom is 0.251 e. The number of hydrogen-bond acceptors (Lipinski definition) is 3. The molecule has 0 aliphatic rings. The average molecular weight is 329 g/mol. The second-order valence-corrected chi connectivity index (χ2v) is 6.90. The van der Waals surface area contributed by atoms with E-state index in [0.717, 1.165) is 0 Å². The van der Waals surface area contributed by atoms with E-state index in [-0.39, 0.29) is 23.0 Å². The van der Waals surface area contributed by atoms with Gasteiger partial charge in [-0.3, -0.25) is 9.59 Å². The molecule has 1 aromatic rings. The summed E-state index contributed by atoms with van der Waals surface area (Å²) in [4.78, 5) is 25.3. The smallest absolute Gasteiger partial charge is 0.251 e. The molecule has 0 aliphatic heterocycles. The van der Waals surface area contributed by atoms with Gasteiger partial charge in [-0.2, -0.15) is 0 Å². The Morgan fingerprint density at radius 2 is 2.14 bits per heavy atom. The topological polar surface area (TPSA) is 71.2 Å². The maximum atomic E-state index is 12.1. The molecule has 0 aliphatic carbocycles. The summed E-state index contributed by atoms with van der Waals surface area (Å²) >= 11 is 6.00. The highest BCUT2D eigenvalue weighted by Gasteiger charge is 2.23. The van der Waals surface area contributed by atoms with Gasteiger partial charge >= 0.3 is 0 Å². The number of nitrogens with one attached hydrogen (secondary N) is 2. The summed E-state index contributed by atoms with van der Waals surface area (Å²) in [7, 11) is 0. The van der Waals surface area contributed by atoms with Gasteiger partial charge in [0, 0.05) is 24.9 Å². The van der Waals surface area contributed by atoms with Crippen LogP contribution < -0.4 is 10.9 Å². The Hall–Kier alpha value is -1.33. The van der Waals surface area contributed by atoms with Gasteiger partial charge in [-0.1, -0.05) is 18.5 Å². The fourth-order valence-electron chi connectivity index (χ4n) is 2.36. The summed E-state index contributed by atoms with van der Waals surface area (Å²) in [5, 5.41) is 3.16. The Morgan fingerprint density at radius 1 is 1.45 bits per heavy atom. The first-order valence-corrected chi connectivity index (χ1v) is 7.81. The molecule has 5 nitrogen and oxygen atoms in total. The lowest BCUT2D eigenvalue weighted by atomic mass is 9.85. The van der Waals surface area contributed by atoms with Gasteiger partial charge in [0.25, 0.3) is 5.56 Å². The van der Waals surface area contributed by atoms with Crippen molar-refractivity contribution in [3.05, 3.63) is 33.2 Å². The number of ether oxygens (including phenoxy) is 1. The number of pyridine rings is 1. The third-order valence-electron chi connectivity index (χ3n) is 3.47. The molecule has 2 N–H and O–H groups in total. The van der Waals surface area contributed by atoms with Gasteiger partial charge in [0.15, 0.2) is 0 Å². The molecule has 0 spiro atoms. The molecular weight excluding hydrogens is 304 g/mol. The lowest BCUT2D eigenvalue weighted by Crippen LogP contribution is -2.29. The highest BCUT2D eigenvalue weighted by Crippen LogP contribution is 2.27. The molecule has 124 valence electrons. The van der Waals surface area contributed by atoms with Gasteiger partial charge in [-0.25, -0.2) is 0 Å². The number of hydrogen-bond donors (Lipinski definition) is 2. The standard InChI is InChI=1S/C16H25ClN2O3/c1-11(8-18-10-20)13(5-6-22-16(2,3)4)14-7-12(17)9-19-15(14)21/h7,9-11,13H,5-6,8H2,1-4H3,(H,18,20)(H,19,21)/t11-,13?/m0/s1. The molecule has 1 aromatic heterocycles. The highest BCUT2D eigenvalue weighted by atomic mass is 35.5. The Kier molecular flexibility index (Phi) is 7.10. The van der Waals surface area contributed by atoms with E-state index < -0.39 is 0 Å². The van der Waals surface area contributed by atoms with Crippen molar-refractivity contribution in [3.63, 3.8) is 0 Å². The summed E-state index contributed by atoms with van der Waals surface area (Å²) in [6.45, 7) is 9.00. The molecule has 0 aromatic carbocycles. The molecular formula is C16H25ClN2O3. The first kappa shape index (κ1) is 18.7. The van der Waals surface area contributed by atoms with E-state index >= 15 is 0 Å². The van der Waals surface area contributed by atoms with Crippen LogP contribution in [0.25, 0.3) is 0 Å². The van der Waals surface area contributed by atoms with Crippen molar-refractivity contribution in [2.24, 2.45) is 5.92 Å². The van der Waals surface area contributed by atoms with Crippen molar-refractivity contribution < 1.29 is 9.53 Å². The van der Waals surface area contributed by atoms with Crippen LogP contribution in [0.15, 0.2) is 17.1 Å². The molecule has 6 heteroatoms. The lowest BCUT2D eigenvalue weighted by Gasteiger charge is -2.26. The fraction of sp³-hybridized carbons (Fsp3) is 0.625. The van der Waals surface area contributed by atoms with Crippen LogP contribution in [0.5, 0.6) is 0 Å². The predicted molar refractivity (Wildman–Crippen MR) is 88.4 cm³/mol. The minimum absolute atomic E-state index is 0.0442. The van der Waals surface area contributed by atoms with E-state index in [9.17, 15) is 9.59 Å². The summed E-state index contributed by atoms with van der Waals surface area (Å²) in [5.41, 5.74) is 0.253. The number of halogens is 1. The SMILES string of the molecule is C[C@@H](CNC=O)C(CCOC(C)(C)C)c1cc(Cl)c[nH]c1=O. The number of aromatic nitrogens is 1. The summed E-state index contributed by atoms with van der Waals surface area (Å²) in [6.07, 6.45) is 2.83. The minimum Gasteiger partial charge on any atom is -0.376 e. The molecule has 1 amide bonds. The number of amides is 1. The third-order valence-corrected chi connectivity index (χ3v) is 3.69. The van der Waals surface area contributed by atoms with E-state index in [1.54, 1.807) is 6.07 Å². The fourth-order valence-corrected chi connectivity index (χ4v) is 2.54. The Balaban J connectivity index is 2.92. The number of H-pyrrole nitrogens is 1. The maximum absolute atomic E-state index is 12.1. The molecule has 0 fully saturated rings. The normalized spacial score (nSPS) is 14.4. The second kappa shape index (κ2) is 8.34. The van der Waals surface area contributed by atoms with Gasteiger partial charge in [-0.15, -0.1) is 0 Å². The van der Waals surface area contributed by atoms with Crippen LogP contribution in [0.4, 0.5) is 0 Å². The number of carbonyl (C=O) groups is 1. The lowest BCUT2D eigenvalue weighted by molar-refractivity contribution is -0.109. The van der Waals surface area contributed by atoms with Crippen LogP contribution in [-0.4, -0.2) is 30.1 Å². The van der Waals surface area contributed by atoms with Crippen LogP contribution in [-0.2, 0) is 9.53 Å². The number of carbonyl (C=O) groups excluding carboxylic acids is 1. The summed E-state index contributed by atoms with van der Waals surface area (Å²) < 4.78 is 5.77. The monoisotopic (exact) mass is 328 g/mol. The Morgan fingerprint density at radius 3 is 2.73 bits per heavy atom. The first-order chi connectivity index (χ1) is 10.2. The highest BCUT2D eigenvalue weighted by molar-refractivity contribution is 6.30. The van der Waals surface area contributed by atoms with Crippen molar-refractivity contribution in [1.29, 1.82) is 0 Å². The number of aromatic amines is 1. The van der Waals surface area contributed by atoms with Crippen LogP contribution in [0.3, 0.4) is 0 Å². The van der Waals surface area contributed by atoms with E-state index in [2.05, 4.69) is 10.3 Å². The van der Waals surface area contributed by atoms with Crippen molar-refractivity contribution in [1.82, 2.24) is 10.3 Å². The summed E-state index contributed by atoms with van der Waals surface area (Å²) in [5.74, 6) is 0.0468. The van der Waals surface area contributed by atoms with E-state index in [1.807, 2.05) is 27.7 Å². The zero-order valence-corrected chi connectivity index (χ0v) is 14.4. The van der Waals surface area contributed by atoms with Crippen LogP contribution in [0.1, 0.15) is 45.6 Å². The van der Waals surface area contributed by atoms with Crippen molar-refractivity contribution in [2.75, 3.05) is 13.2 Å². The Labute approximate surface area is 136 Å². The van der Waals surface area contributed by atoms with Gasteiger partial charge in [0.2, 0.25) is 6.41 Å². The van der Waals surface area contributed by atoms with Gasteiger partial charge in [-0.05, 0) is 45.1 Å². The largest absolute Gasteiger partial charge is 0.376 e. The Bertz CT molecular complexity index is 537. The third kappa shape index (κ3) is 6.20. The molecule has 0 radical (unpaired) electrons. The molecule has 0 saturated carbocycles. The second-order valence-electron chi connectivity index (χ2n) is 6.46. The van der Waals surface area contributed by atoms with Crippen molar-refractivity contribution in [3.8, 4) is 0 Å². The predicted octanol–water partition coefficient (Wildman–Crippen LogP) is 2.70.